The van der Waals surface area contributed by atoms with Gasteiger partial charge in [0.15, 0.2) is 0 Å². The summed E-state index contributed by atoms with van der Waals surface area (Å²) in [6.45, 7) is 2.71. The van der Waals surface area contributed by atoms with Crippen molar-refractivity contribution >= 4 is 11.7 Å². The van der Waals surface area contributed by atoms with Crippen molar-refractivity contribution < 1.29 is 4.79 Å². The molecule has 22 heavy (non-hydrogen) atoms. The molecule has 1 amide bonds. The highest BCUT2D eigenvalue weighted by atomic mass is 16.2. The molecule has 3 rings (SSSR count). The molecule has 6 heteroatoms. The van der Waals surface area contributed by atoms with E-state index in [9.17, 15) is 14.4 Å². The smallest absolute Gasteiger partial charge is 0.294 e. The van der Waals surface area contributed by atoms with Crippen LogP contribution >= 0.6 is 0 Å². The maximum Gasteiger partial charge on any atom is 0.329 e. The minimum Gasteiger partial charge on any atom is -0.294 e. The van der Waals surface area contributed by atoms with Gasteiger partial charge >= 0.3 is 5.69 Å². The van der Waals surface area contributed by atoms with Crippen molar-refractivity contribution in [2.75, 3.05) is 11.4 Å². The first-order valence-electron chi connectivity index (χ1n) is 7.35. The van der Waals surface area contributed by atoms with E-state index >= 15 is 0 Å². The van der Waals surface area contributed by atoms with Crippen molar-refractivity contribution in [3.8, 4) is 0 Å². The largest absolute Gasteiger partial charge is 0.329 e. The molecule has 2 heterocycles. The van der Waals surface area contributed by atoms with E-state index in [2.05, 4.69) is 4.98 Å². The third-order valence-electron chi connectivity index (χ3n) is 3.84. The van der Waals surface area contributed by atoms with Gasteiger partial charge in [0.2, 0.25) is 0 Å². The van der Waals surface area contributed by atoms with Gasteiger partial charge in [-0.25, -0.2) is 4.79 Å². The number of H-pyrrole nitrogens is 1. The molecule has 0 unspecified atom stereocenters. The standard InChI is InChI=1S/C16H17N3O3/c1-2-8-19-14(20)10-13(17-16(19)22)18-9-7-11-5-3-4-6-12(11)15(18)21/h3-6,10H,2,7-9H2,1H3,(H,17,22). The van der Waals surface area contributed by atoms with Crippen LogP contribution in [0.5, 0.6) is 0 Å². The molecule has 0 aliphatic carbocycles. The summed E-state index contributed by atoms with van der Waals surface area (Å²) in [6, 6.07) is 8.72. The zero-order valence-electron chi connectivity index (χ0n) is 12.3. The van der Waals surface area contributed by atoms with Gasteiger partial charge in [-0.1, -0.05) is 25.1 Å². The number of fused-ring (bicyclic) bond motifs is 1. The van der Waals surface area contributed by atoms with Gasteiger partial charge in [0, 0.05) is 24.7 Å². The van der Waals surface area contributed by atoms with E-state index in [0.717, 1.165) is 10.1 Å². The second-order valence-electron chi connectivity index (χ2n) is 5.31. The fourth-order valence-corrected chi connectivity index (χ4v) is 2.74. The summed E-state index contributed by atoms with van der Waals surface area (Å²) in [5.74, 6) is 0.0759. The molecule has 1 aliphatic rings. The first-order chi connectivity index (χ1) is 10.6. The molecule has 1 N–H and O–H groups in total. The Labute approximate surface area is 127 Å². The van der Waals surface area contributed by atoms with E-state index in [-0.39, 0.29) is 17.3 Å². The summed E-state index contributed by atoms with van der Waals surface area (Å²) in [4.78, 5) is 40.7. The lowest BCUT2D eigenvalue weighted by molar-refractivity contribution is 0.0979. The van der Waals surface area contributed by atoms with Crippen LogP contribution in [0.1, 0.15) is 29.3 Å². The number of anilines is 1. The zero-order chi connectivity index (χ0) is 15.7. The molecule has 1 aliphatic heterocycles. The summed E-state index contributed by atoms with van der Waals surface area (Å²) >= 11 is 0. The highest BCUT2D eigenvalue weighted by Crippen LogP contribution is 2.21. The van der Waals surface area contributed by atoms with Crippen LogP contribution in [0.3, 0.4) is 0 Å². The van der Waals surface area contributed by atoms with Gasteiger partial charge in [-0.2, -0.15) is 0 Å². The molecule has 0 radical (unpaired) electrons. The number of carbonyl (C=O) groups excluding carboxylic acids is 1. The minimum atomic E-state index is -0.476. The van der Waals surface area contributed by atoms with Crippen LogP contribution < -0.4 is 16.1 Å². The number of hydrogen-bond donors (Lipinski definition) is 1. The Bertz CT molecular complexity index is 804. The number of amides is 1. The van der Waals surface area contributed by atoms with Gasteiger partial charge in [-0.3, -0.25) is 24.0 Å². The van der Waals surface area contributed by atoms with E-state index in [1.54, 1.807) is 6.07 Å². The van der Waals surface area contributed by atoms with Crippen molar-refractivity contribution in [1.82, 2.24) is 9.55 Å². The molecule has 6 nitrogen and oxygen atoms in total. The summed E-state index contributed by atoms with van der Waals surface area (Å²) < 4.78 is 1.14. The lowest BCUT2D eigenvalue weighted by Gasteiger charge is -2.28. The number of aromatic nitrogens is 2. The zero-order valence-corrected chi connectivity index (χ0v) is 12.3. The monoisotopic (exact) mass is 299 g/mol. The first kappa shape index (κ1) is 14.3. The molecular weight excluding hydrogens is 282 g/mol. The Morgan fingerprint density at radius 1 is 1.18 bits per heavy atom. The van der Waals surface area contributed by atoms with Gasteiger partial charge in [0.05, 0.1) is 0 Å². The number of aromatic amines is 1. The van der Waals surface area contributed by atoms with Gasteiger partial charge in [-0.05, 0) is 24.5 Å². The van der Waals surface area contributed by atoms with Crippen molar-refractivity contribution in [3.63, 3.8) is 0 Å². The molecule has 0 atom stereocenters. The highest BCUT2D eigenvalue weighted by molar-refractivity contribution is 6.07. The third kappa shape index (κ3) is 2.36. The van der Waals surface area contributed by atoms with Gasteiger partial charge in [0.1, 0.15) is 5.82 Å². The molecule has 0 saturated heterocycles. The molecule has 0 fully saturated rings. The van der Waals surface area contributed by atoms with Crippen molar-refractivity contribution in [2.45, 2.75) is 26.3 Å². The fourth-order valence-electron chi connectivity index (χ4n) is 2.74. The van der Waals surface area contributed by atoms with Gasteiger partial charge in [-0.15, -0.1) is 0 Å². The number of rotatable bonds is 3. The topological polar surface area (TPSA) is 75.2 Å². The lowest BCUT2D eigenvalue weighted by Crippen LogP contribution is -2.42. The van der Waals surface area contributed by atoms with Crippen LogP contribution in [0, 0.1) is 0 Å². The van der Waals surface area contributed by atoms with Crippen LogP contribution in [-0.2, 0) is 13.0 Å². The normalized spacial score (nSPS) is 14.0. The van der Waals surface area contributed by atoms with Crippen molar-refractivity contribution in [1.29, 1.82) is 0 Å². The van der Waals surface area contributed by atoms with Crippen LogP contribution in [0.15, 0.2) is 39.9 Å². The number of hydrogen-bond acceptors (Lipinski definition) is 3. The quantitative estimate of drug-likeness (QED) is 0.923. The van der Waals surface area contributed by atoms with Crippen LogP contribution in [0.4, 0.5) is 5.82 Å². The Balaban J connectivity index is 2.01. The maximum atomic E-state index is 12.5. The molecule has 2 aromatic rings. The minimum absolute atomic E-state index is 0.190. The average Bonchev–Trinajstić information content (AvgIpc) is 2.51. The number of benzene rings is 1. The van der Waals surface area contributed by atoms with Crippen LogP contribution in [-0.4, -0.2) is 22.0 Å². The lowest BCUT2D eigenvalue weighted by atomic mass is 9.99. The summed E-state index contributed by atoms with van der Waals surface area (Å²) in [5.41, 5.74) is 0.751. The van der Waals surface area contributed by atoms with E-state index in [1.807, 2.05) is 25.1 Å². The molecule has 0 saturated carbocycles. The number of nitrogens with zero attached hydrogens (tertiary/aromatic N) is 2. The molecule has 0 spiro atoms. The fraction of sp³-hybridized carbons (Fsp3) is 0.312. The Morgan fingerprint density at radius 3 is 2.68 bits per heavy atom. The molecule has 0 bridgehead atoms. The molecule has 114 valence electrons. The van der Waals surface area contributed by atoms with E-state index in [1.165, 1.54) is 11.0 Å². The van der Waals surface area contributed by atoms with Crippen LogP contribution in [0.2, 0.25) is 0 Å². The van der Waals surface area contributed by atoms with Crippen LogP contribution in [0.25, 0.3) is 0 Å². The third-order valence-corrected chi connectivity index (χ3v) is 3.84. The molecular formula is C16H17N3O3. The second kappa shape index (κ2) is 5.63. The van der Waals surface area contributed by atoms with E-state index in [4.69, 9.17) is 0 Å². The maximum absolute atomic E-state index is 12.5. The number of nitrogens with one attached hydrogen (secondary N) is 1. The Morgan fingerprint density at radius 2 is 1.95 bits per heavy atom. The second-order valence-corrected chi connectivity index (χ2v) is 5.31. The molecule has 1 aromatic carbocycles. The summed E-state index contributed by atoms with van der Waals surface area (Å²) in [5, 5.41) is 0. The Kier molecular flexibility index (Phi) is 3.66. The predicted molar refractivity (Wildman–Crippen MR) is 83.4 cm³/mol. The average molecular weight is 299 g/mol. The predicted octanol–water partition coefficient (Wildman–Crippen LogP) is 1.15. The summed E-state index contributed by atoms with van der Waals surface area (Å²) in [6.07, 6.45) is 1.39. The van der Waals surface area contributed by atoms with Crippen molar-refractivity contribution in [3.05, 3.63) is 62.3 Å². The first-order valence-corrected chi connectivity index (χ1v) is 7.35. The Hall–Kier alpha value is -2.63. The summed E-state index contributed by atoms with van der Waals surface area (Å²) in [7, 11) is 0. The van der Waals surface area contributed by atoms with Gasteiger partial charge < -0.3 is 0 Å². The van der Waals surface area contributed by atoms with E-state index < -0.39 is 5.69 Å². The SMILES string of the molecule is CCCn1c(=O)cc(N2CCc3ccccc3C2=O)[nH]c1=O. The molecule has 1 aromatic heterocycles. The van der Waals surface area contributed by atoms with Gasteiger partial charge in [0.25, 0.3) is 11.5 Å². The number of carbonyl (C=O) groups is 1. The van der Waals surface area contributed by atoms with Crippen molar-refractivity contribution in [2.24, 2.45) is 0 Å². The highest BCUT2D eigenvalue weighted by Gasteiger charge is 2.26. The van der Waals surface area contributed by atoms with E-state index in [0.29, 0.717) is 31.5 Å².